The predicted octanol–water partition coefficient (Wildman–Crippen LogP) is 7.15. The second-order valence-corrected chi connectivity index (χ2v) is 19.8. The number of primary amides is 1. The van der Waals surface area contributed by atoms with Gasteiger partial charge in [-0.2, -0.15) is 0 Å². The molecule has 0 fully saturated rings. The lowest BCUT2D eigenvalue weighted by Gasteiger charge is -2.22. The number of ether oxygens (including phenoxy) is 5. The minimum Gasteiger partial charge on any atom is -0.478 e. The average molecular weight is 1060 g/mol. The van der Waals surface area contributed by atoms with Gasteiger partial charge in [0.1, 0.15) is 17.3 Å². The van der Waals surface area contributed by atoms with Gasteiger partial charge in [0, 0.05) is 83.6 Å². The van der Waals surface area contributed by atoms with Crippen molar-refractivity contribution >= 4 is 74.6 Å². The number of rotatable bonds is 30. The molecular weight excluding hydrogens is 995 g/mol. The summed E-state index contributed by atoms with van der Waals surface area (Å²) in [6.07, 6.45) is 2.22. The predicted molar refractivity (Wildman–Crippen MR) is 286 cm³/mol. The first-order valence-electron chi connectivity index (χ1n) is 24.0. The number of nitrogens with zero attached hydrogens (tertiary/aromatic N) is 1. The van der Waals surface area contributed by atoms with Crippen LogP contribution in [0.4, 0.5) is 20.1 Å². The Morgan fingerprint density at radius 3 is 2.26 bits per heavy atom. The third-order valence-corrected chi connectivity index (χ3v) is 13.6. The number of carboxylic acids is 1. The minimum atomic E-state index is -1.13. The van der Waals surface area contributed by atoms with E-state index >= 15 is 0 Å². The number of aryl methyl sites for hydroxylation is 2. The van der Waals surface area contributed by atoms with E-state index in [4.69, 9.17) is 33.8 Å². The molecule has 0 atom stereocenters. The second kappa shape index (κ2) is 31.7. The zero-order valence-electron chi connectivity index (χ0n) is 42.7. The summed E-state index contributed by atoms with van der Waals surface area (Å²) in [5.74, 6) is 4.51. The van der Waals surface area contributed by atoms with Crippen LogP contribution in [-0.4, -0.2) is 131 Å². The fourth-order valence-corrected chi connectivity index (χ4v) is 9.23. The molecule has 5 amide bonds. The van der Waals surface area contributed by atoms with Crippen LogP contribution in [0.25, 0.3) is 33.4 Å². The van der Waals surface area contributed by atoms with Crippen LogP contribution in [0, 0.1) is 25.7 Å². The van der Waals surface area contributed by atoms with Crippen molar-refractivity contribution in [3.63, 3.8) is 0 Å². The van der Waals surface area contributed by atoms with Crippen LogP contribution in [0.15, 0.2) is 63.6 Å². The first kappa shape index (κ1) is 59.8. The van der Waals surface area contributed by atoms with Crippen LogP contribution in [-0.2, 0) is 28.5 Å². The van der Waals surface area contributed by atoms with Crippen LogP contribution in [0.3, 0.4) is 0 Å². The van der Waals surface area contributed by atoms with Crippen molar-refractivity contribution in [1.29, 1.82) is 0 Å². The maximum absolute atomic E-state index is 13.5. The van der Waals surface area contributed by atoms with E-state index in [9.17, 15) is 33.9 Å². The second-order valence-electron chi connectivity index (χ2n) is 16.9. The molecule has 0 unspecified atom stereocenters. The summed E-state index contributed by atoms with van der Waals surface area (Å²) in [6.45, 7) is 15.6. The number of benzene rings is 3. The van der Waals surface area contributed by atoms with Gasteiger partial charge in [0.25, 0.3) is 5.91 Å². The largest absolute Gasteiger partial charge is 0.478 e. The van der Waals surface area contributed by atoms with Gasteiger partial charge in [-0.15, -0.1) is 0 Å². The number of anilines is 1. The molecule has 0 radical (unpaired) electrons. The molecule has 2 aromatic rings. The van der Waals surface area contributed by atoms with Crippen molar-refractivity contribution in [2.75, 3.05) is 90.2 Å². The van der Waals surface area contributed by atoms with Crippen LogP contribution < -0.4 is 37.7 Å². The molecule has 74 heavy (non-hydrogen) atoms. The third kappa shape index (κ3) is 20.3. The van der Waals surface area contributed by atoms with Gasteiger partial charge in [-0.05, 0) is 108 Å². The van der Waals surface area contributed by atoms with Crippen molar-refractivity contribution in [3.05, 3.63) is 81.8 Å². The zero-order valence-corrected chi connectivity index (χ0v) is 44.3. The highest BCUT2D eigenvalue weighted by Crippen LogP contribution is 2.43. The maximum atomic E-state index is 13.5. The smallest absolute Gasteiger partial charge is 0.407 e. The fraction of sp³-hybridized carbons (Fsp3) is 0.442. The lowest BCUT2D eigenvalue weighted by molar-refractivity contribution is -0.104. The van der Waals surface area contributed by atoms with Crippen molar-refractivity contribution in [2.24, 2.45) is 10.7 Å². The number of carboxylic acid groups (broad SMARTS) is 1. The Labute approximate surface area is 438 Å². The van der Waals surface area contributed by atoms with E-state index in [1.807, 2.05) is 65.8 Å². The van der Waals surface area contributed by atoms with Gasteiger partial charge in [0.2, 0.25) is 0 Å². The van der Waals surface area contributed by atoms with E-state index in [2.05, 4.69) is 43.4 Å². The molecule has 22 heteroatoms. The molecule has 20 nitrogen and oxygen atoms in total. The summed E-state index contributed by atoms with van der Waals surface area (Å²) >= 11 is 0. The summed E-state index contributed by atoms with van der Waals surface area (Å²) in [4.78, 5) is 76.4. The maximum Gasteiger partial charge on any atom is 0.407 e. The minimum absolute atomic E-state index is 0.00863. The van der Waals surface area contributed by atoms with Crippen LogP contribution in [0.5, 0.6) is 0 Å². The molecule has 0 spiro atoms. The van der Waals surface area contributed by atoms with Crippen molar-refractivity contribution in [2.45, 2.75) is 65.6 Å². The molecule has 1 heterocycles. The number of nitrogens with one attached hydrogen (secondary N) is 5. The number of fused-ring (bicyclic) bond motifs is 2. The Hall–Kier alpha value is -6.77. The normalized spacial score (nSPS) is 11.6. The van der Waals surface area contributed by atoms with E-state index in [1.54, 1.807) is 27.7 Å². The quantitative estimate of drug-likeness (QED) is 0.00519. The SMILES string of the molecule is CCN=c1cc2oc3cc(NCC)c(C)cc3c(-c3cc(C(=O)NCCOCCOCCNC(=O)OCCC(C)(C)SSCOCCCCOC(=O)NCC#C/C(C=O)=C/NC(N)=O)ccc3C(=O)O)c-2cc1C. The number of allylic oxidation sites excluding steroid dienone is 1. The highest BCUT2D eigenvalue weighted by molar-refractivity contribution is 8.77. The van der Waals surface area contributed by atoms with Crippen LogP contribution in [0.2, 0.25) is 0 Å². The number of hydrogen-bond acceptors (Lipinski definition) is 16. The number of carbonyl (C=O) groups is 6. The summed E-state index contributed by atoms with van der Waals surface area (Å²) in [6, 6.07) is 11.5. The molecule has 8 N–H and O–H groups in total. The first-order valence-corrected chi connectivity index (χ1v) is 26.4. The number of nitrogens with two attached hydrogens (primary N) is 1. The molecule has 0 aromatic heterocycles. The Kier molecular flexibility index (Phi) is 25.6. The lowest BCUT2D eigenvalue weighted by atomic mass is 9.88. The van der Waals surface area contributed by atoms with Gasteiger partial charge in [0.15, 0.2) is 6.29 Å². The highest BCUT2D eigenvalue weighted by atomic mass is 33.1. The molecule has 1 aliphatic heterocycles. The van der Waals surface area contributed by atoms with E-state index in [0.717, 1.165) is 28.4 Å². The van der Waals surface area contributed by atoms with Crippen molar-refractivity contribution < 1.29 is 62.0 Å². The number of aldehydes is 1. The molecule has 400 valence electrons. The summed E-state index contributed by atoms with van der Waals surface area (Å²) < 4.78 is 33.6. The molecular formula is C52H67N7O13S2. The third-order valence-electron chi connectivity index (χ3n) is 10.6. The van der Waals surface area contributed by atoms with Gasteiger partial charge < -0.3 is 65.5 Å². The summed E-state index contributed by atoms with van der Waals surface area (Å²) in [7, 11) is 3.17. The topological polar surface area (TPSA) is 280 Å². The van der Waals surface area contributed by atoms with Crippen LogP contribution in [0.1, 0.15) is 78.8 Å². The van der Waals surface area contributed by atoms with E-state index in [0.29, 0.717) is 84.6 Å². The zero-order chi connectivity index (χ0) is 53.9. The molecule has 1 aliphatic carbocycles. The van der Waals surface area contributed by atoms with Crippen molar-refractivity contribution in [3.8, 4) is 34.3 Å². The number of aromatic carboxylic acids is 1. The molecule has 2 aliphatic rings. The summed E-state index contributed by atoms with van der Waals surface area (Å²) in [5, 5.41) is 25.3. The molecule has 2 aromatic carbocycles. The van der Waals surface area contributed by atoms with Crippen LogP contribution >= 0.6 is 21.6 Å². The van der Waals surface area contributed by atoms with Crippen molar-refractivity contribution in [1.82, 2.24) is 21.3 Å². The summed E-state index contributed by atoms with van der Waals surface area (Å²) in [5.41, 5.74) is 10.3. The monoisotopic (exact) mass is 1060 g/mol. The van der Waals surface area contributed by atoms with E-state index in [1.165, 1.54) is 12.1 Å². The van der Waals surface area contributed by atoms with Gasteiger partial charge in [-0.1, -0.05) is 33.4 Å². The number of unbranched alkanes of at least 4 members (excludes halogenated alkanes) is 1. The Balaban J connectivity index is 1.09. The number of urea groups is 1. The van der Waals surface area contributed by atoms with Gasteiger partial charge in [0.05, 0.1) is 62.7 Å². The number of hydrogen-bond donors (Lipinski definition) is 7. The number of alkyl carbamates (subject to hydrolysis) is 2. The highest BCUT2D eigenvalue weighted by Gasteiger charge is 2.25. The number of carbonyl (C=O) groups excluding carboxylic acids is 5. The Morgan fingerprint density at radius 1 is 0.838 bits per heavy atom. The lowest BCUT2D eigenvalue weighted by Crippen LogP contribution is -2.30. The molecule has 4 rings (SSSR count). The Morgan fingerprint density at radius 2 is 1.55 bits per heavy atom. The van der Waals surface area contributed by atoms with Gasteiger partial charge >= 0.3 is 24.2 Å². The average Bonchev–Trinajstić information content (AvgIpc) is 3.36. The number of amides is 5. The van der Waals surface area contributed by atoms with Gasteiger partial charge in [-0.25, -0.2) is 19.2 Å². The molecule has 0 saturated heterocycles. The molecule has 0 bridgehead atoms. The van der Waals surface area contributed by atoms with E-state index in [-0.39, 0.29) is 80.7 Å². The van der Waals surface area contributed by atoms with E-state index < -0.39 is 30.1 Å². The Bertz CT molecular complexity index is 2700. The van der Waals surface area contributed by atoms with Gasteiger partial charge in [-0.3, -0.25) is 14.6 Å². The fourth-order valence-electron chi connectivity index (χ4n) is 6.96. The standard InChI is InChI=1S/C52H67N7O13S2/c1-7-54-42-29-44-40(26-34(42)3)46(41-27-35(4)43(55-8-2)30-45(41)72-44)39-28-37(13-14-38(39)48(62)63)47(61)56-17-22-67-24-25-68-23-18-58-51(66)71-21-15-52(5,6)74-73-33-69-19-9-10-20-70-50(65)57-16-11-12-36(32-60)31-59-49(53)64/h13-14,26-32,54H,7-10,15-25,33H2,1-6H3,(H,56,61)(H,57,65)(H,58,66)(H,62,63)(H3,53,59,64)/b36-31-,55-43?. The first-order chi connectivity index (χ1) is 35.6. The molecule has 0 saturated carbocycles.